The van der Waals surface area contributed by atoms with Gasteiger partial charge < -0.3 is 18.8 Å². The Morgan fingerprint density at radius 1 is 1.00 bits per heavy atom. The number of amides is 1. The van der Waals surface area contributed by atoms with Crippen LogP contribution in [0, 0.1) is 5.92 Å². The van der Waals surface area contributed by atoms with Crippen molar-refractivity contribution >= 4 is 30.0 Å². The van der Waals surface area contributed by atoms with Crippen LogP contribution in [-0.2, 0) is 35.0 Å². The van der Waals surface area contributed by atoms with Crippen LogP contribution >= 0.6 is 0 Å². The van der Waals surface area contributed by atoms with Crippen LogP contribution in [0.25, 0.3) is 0 Å². The number of carbonyl (C=O) groups excluding carboxylic acids is 2. The van der Waals surface area contributed by atoms with Crippen LogP contribution in [0.5, 0.6) is 5.75 Å². The van der Waals surface area contributed by atoms with Gasteiger partial charge in [0.2, 0.25) is 5.91 Å². The van der Waals surface area contributed by atoms with E-state index in [9.17, 15) is 18.0 Å². The number of carbonyl (C=O) groups is 2. The van der Waals surface area contributed by atoms with E-state index in [1.165, 1.54) is 6.26 Å². The van der Waals surface area contributed by atoms with Gasteiger partial charge in [-0.25, -0.2) is 13.2 Å². The van der Waals surface area contributed by atoms with Gasteiger partial charge in [0.05, 0.1) is 17.4 Å². The van der Waals surface area contributed by atoms with Gasteiger partial charge in [-0.05, 0) is 106 Å². The summed E-state index contributed by atoms with van der Waals surface area (Å²) >= 11 is 0. The Balaban J connectivity index is 1.81. The van der Waals surface area contributed by atoms with Crippen LogP contribution in [0.2, 0.25) is 18.1 Å². The molecule has 0 radical (unpaired) electrons. The first kappa shape index (κ1) is 36.8. The Kier molecular flexibility index (Phi) is 11.8. The van der Waals surface area contributed by atoms with Crippen LogP contribution < -0.4 is 4.74 Å². The highest BCUT2D eigenvalue weighted by Gasteiger charge is 2.41. The third kappa shape index (κ3) is 11.0. The third-order valence-electron chi connectivity index (χ3n) is 8.90. The Hall–Kier alpha value is -2.69. The van der Waals surface area contributed by atoms with Gasteiger partial charge in [0.25, 0.3) is 0 Å². The molecule has 0 saturated heterocycles. The minimum absolute atomic E-state index is 0.0701. The standard InChI is InChI=1S/C35H53NO7SSi/c1-34(2,3)42-33(38)24-41-28-13-11-12-27(23-28)31(21-26-14-17-29(20-26)43-45(9,10)35(4,5)6)36(7)32(37)22-25-15-18-30(19-16-25)44(8,39)40/h11-13,15-16,18-19,23,26,29,31H,14,17,20-22,24H2,1-10H3. The van der Waals surface area contributed by atoms with Gasteiger partial charge in [-0.15, -0.1) is 0 Å². The van der Waals surface area contributed by atoms with E-state index >= 15 is 0 Å². The number of esters is 1. The zero-order chi connectivity index (χ0) is 33.8. The van der Waals surface area contributed by atoms with Crippen molar-refractivity contribution in [3.63, 3.8) is 0 Å². The number of rotatable bonds is 12. The lowest BCUT2D eigenvalue weighted by molar-refractivity contribution is -0.157. The molecule has 3 rings (SSSR count). The lowest BCUT2D eigenvalue weighted by atomic mass is 9.92. The molecule has 2 aromatic carbocycles. The Morgan fingerprint density at radius 2 is 1.64 bits per heavy atom. The summed E-state index contributed by atoms with van der Waals surface area (Å²) in [7, 11) is -3.40. The van der Waals surface area contributed by atoms with Crippen LogP contribution in [-0.4, -0.2) is 65.1 Å². The van der Waals surface area contributed by atoms with Gasteiger partial charge in [-0.1, -0.05) is 45.0 Å². The van der Waals surface area contributed by atoms with Crippen molar-refractivity contribution in [2.45, 2.75) is 114 Å². The van der Waals surface area contributed by atoms with Crippen molar-refractivity contribution in [2.24, 2.45) is 5.92 Å². The molecular formula is C35H53NO7SSi. The van der Waals surface area contributed by atoms with Crippen molar-refractivity contribution in [2.75, 3.05) is 19.9 Å². The normalized spacial score (nSPS) is 18.4. The lowest BCUT2D eigenvalue weighted by Crippen LogP contribution is -2.43. The monoisotopic (exact) mass is 659 g/mol. The first-order valence-electron chi connectivity index (χ1n) is 15.8. The summed E-state index contributed by atoms with van der Waals surface area (Å²) in [4.78, 5) is 28.0. The highest BCUT2D eigenvalue weighted by molar-refractivity contribution is 7.90. The molecule has 1 fully saturated rings. The molecule has 0 aliphatic heterocycles. The molecule has 1 saturated carbocycles. The summed E-state index contributed by atoms with van der Waals surface area (Å²) < 4.78 is 41.7. The van der Waals surface area contributed by atoms with E-state index in [0.29, 0.717) is 11.7 Å². The van der Waals surface area contributed by atoms with E-state index in [1.807, 2.05) is 46.0 Å². The Labute approximate surface area is 271 Å². The van der Waals surface area contributed by atoms with Gasteiger partial charge in [-0.3, -0.25) is 4.79 Å². The first-order valence-corrected chi connectivity index (χ1v) is 20.6. The van der Waals surface area contributed by atoms with Gasteiger partial charge in [0.15, 0.2) is 24.8 Å². The Morgan fingerprint density at radius 3 is 2.22 bits per heavy atom. The SMILES string of the molecule is CN(C(=O)Cc1ccc(S(C)(=O)=O)cc1)C(CC1CCC(O[Si](C)(C)C(C)(C)C)C1)c1cccc(OCC(=O)OC(C)(C)C)c1. The molecular weight excluding hydrogens is 607 g/mol. The molecule has 1 aliphatic carbocycles. The number of nitrogens with zero attached hydrogens (tertiary/aromatic N) is 1. The second kappa shape index (κ2) is 14.4. The Bertz CT molecular complexity index is 1430. The predicted molar refractivity (Wildman–Crippen MR) is 181 cm³/mol. The van der Waals surface area contributed by atoms with Crippen LogP contribution in [0.3, 0.4) is 0 Å². The van der Waals surface area contributed by atoms with Crippen molar-refractivity contribution in [1.29, 1.82) is 0 Å². The van der Waals surface area contributed by atoms with Gasteiger partial charge in [0, 0.05) is 19.4 Å². The molecule has 8 nitrogen and oxygen atoms in total. The largest absolute Gasteiger partial charge is 0.482 e. The number of sulfone groups is 1. The zero-order valence-electron chi connectivity index (χ0n) is 28.8. The fourth-order valence-electron chi connectivity index (χ4n) is 5.43. The number of benzene rings is 2. The molecule has 250 valence electrons. The maximum atomic E-state index is 13.7. The highest BCUT2D eigenvalue weighted by Crippen LogP contribution is 2.43. The maximum Gasteiger partial charge on any atom is 0.344 e. The van der Waals surface area contributed by atoms with E-state index in [2.05, 4.69) is 33.9 Å². The van der Waals surface area contributed by atoms with E-state index < -0.39 is 29.7 Å². The maximum absolute atomic E-state index is 13.7. The second-order valence-corrected chi connectivity index (χ2v) is 21.7. The average molecular weight is 660 g/mol. The average Bonchev–Trinajstić information content (AvgIpc) is 3.34. The third-order valence-corrected chi connectivity index (χ3v) is 14.6. The fourth-order valence-corrected chi connectivity index (χ4v) is 7.46. The molecule has 0 N–H and O–H groups in total. The molecule has 3 unspecified atom stereocenters. The van der Waals surface area contributed by atoms with Crippen LogP contribution in [0.15, 0.2) is 53.4 Å². The zero-order valence-corrected chi connectivity index (χ0v) is 30.6. The van der Waals surface area contributed by atoms with Crippen molar-refractivity contribution in [3.8, 4) is 5.75 Å². The molecule has 0 heterocycles. The molecule has 0 aromatic heterocycles. The summed E-state index contributed by atoms with van der Waals surface area (Å²) in [6.45, 7) is 16.6. The van der Waals surface area contributed by atoms with Crippen molar-refractivity contribution in [1.82, 2.24) is 4.90 Å². The topological polar surface area (TPSA) is 99.2 Å². The minimum atomic E-state index is -3.32. The second-order valence-electron chi connectivity index (χ2n) is 15.0. The van der Waals surface area contributed by atoms with E-state index in [0.717, 1.165) is 36.8 Å². The van der Waals surface area contributed by atoms with Gasteiger partial charge in [0.1, 0.15) is 11.4 Å². The number of likely N-dealkylation sites (N-methyl/N-ethyl adjacent to an activating group) is 1. The molecule has 10 heteroatoms. The van der Waals surface area contributed by atoms with Crippen LogP contribution in [0.1, 0.15) is 84.4 Å². The molecule has 2 aromatic rings. The predicted octanol–water partition coefficient (Wildman–Crippen LogP) is 7.13. The molecule has 0 bridgehead atoms. The molecule has 1 aliphatic rings. The summed E-state index contributed by atoms with van der Waals surface area (Å²) in [5.41, 5.74) is 1.07. The van der Waals surface area contributed by atoms with Crippen LogP contribution in [0.4, 0.5) is 0 Å². The summed E-state index contributed by atoms with van der Waals surface area (Å²) in [5, 5.41) is 0.138. The summed E-state index contributed by atoms with van der Waals surface area (Å²) in [6.07, 6.45) is 5.28. The number of ether oxygens (including phenoxy) is 2. The fraction of sp³-hybridized carbons (Fsp3) is 0.600. The molecule has 3 atom stereocenters. The quantitative estimate of drug-likeness (QED) is 0.177. The first-order chi connectivity index (χ1) is 20.6. The smallest absolute Gasteiger partial charge is 0.344 e. The van der Waals surface area contributed by atoms with Gasteiger partial charge in [-0.2, -0.15) is 0 Å². The number of hydrogen-bond acceptors (Lipinski definition) is 7. The lowest BCUT2D eigenvalue weighted by Gasteiger charge is -2.38. The number of hydrogen-bond donors (Lipinski definition) is 0. The van der Waals surface area contributed by atoms with E-state index in [4.69, 9.17) is 13.9 Å². The van der Waals surface area contributed by atoms with E-state index in [-0.39, 0.29) is 41.0 Å². The highest BCUT2D eigenvalue weighted by atomic mass is 32.2. The molecule has 1 amide bonds. The van der Waals surface area contributed by atoms with Crippen molar-refractivity contribution < 1.29 is 31.9 Å². The minimum Gasteiger partial charge on any atom is -0.482 e. The summed E-state index contributed by atoms with van der Waals surface area (Å²) in [5.74, 6) is 0.392. The molecule has 45 heavy (non-hydrogen) atoms. The van der Waals surface area contributed by atoms with Gasteiger partial charge >= 0.3 is 5.97 Å². The van der Waals surface area contributed by atoms with E-state index in [1.54, 1.807) is 35.2 Å². The summed E-state index contributed by atoms with van der Waals surface area (Å²) in [6, 6.07) is 13.8. The molecule has 0 spiro atoms. The van der Waals surface area contributed by atoms with Crippen molar-refractivity contribution in [3.05, 3.63) is 59.7 Å².